The molecule has 2 nitrogen and oxygen atoms in total. The van der Waals surface area contributed by atoms with Crippen molar-refractivity contribution in [2.45, 2.75) is 194 Å². The van der Waals surface area contributed by atoms with Gasteiger partial charge in [0.15, 0.2) is 0 Å². The first-order chi connectivity index (χ1) is 34.2. The van der Waals surface area contributed by atoms with Gasteiger partial charge in [0.2, 0.25) is 0 Å². The van der Waals surface area contributed by atoms with Gasteiger partial charge in [-0.1, -0.05) is 256 Å². The Balaban J connectivity index is 0.000000386. The van der Waals surface area contributed by atoms with Gasteiger partial charge in [0.25, 0.3) is 0 Å². The molecule has 1 heterocycles. The minimum Gasteiger partial charge on any atom is -0.398 e. The standard InChI is InChI=1S/C41H52N2.C19H22.C8H18.C2H6/c1-12-13-30(34-23-22-33(29(5)39(34)42)27(3)14-16-28(4)40(6,7)8)17-15-26(2)31-18-20-35-36-21-19-32(41(9,10)11)25-38(36)43-37(35)24-31;1-4-16-6-8-18(9-7-16)14-15(3)19-12-10-17(5-2)11-13-19;1-3-5-7-8-6-4-2;1-2/h14-25,43H,12-13,42H2,1-11H3;6-13H,3-5,14H2,1-2H3;3-8H2,1-2H3;1-2H3/b26-15+,27-14+,28-16+,30-17+;;;. The number of aromatic amines is 1. The van der Waals surface area contributed by atoms with Crippen LogP contribution in [0.25, 0.3) is 44.1 Å². The Labute approximate surface area is 441 Å². The van der Waals surface area contributed by atoms with E-state index in [9.17, 15) is 0 Å². The molecule has 0 aliphatic rings. The Hall–Kier alpha value is -5.60. The number of anilines is 1. The fourth-order valence-corrected chi connectivity index (χ4v) is 8.62. The van der Waals surface area contributed by atoms with Crippen molar-refractivity contribution in [1.82, 2.24) is 4.98 Å². The number of allylic oxidation sites excluding steroid dienone is 9. The molecule has 0 aliphatic heterocycles. The summed E-state index contributed by atoms with van der Waals surface area (Å²) in [5.41, 5.74) is 28.1. The van der Waals surface area contributed by atoms with E-state index in [4.69, 9.17) is 5.73 Å². The van der Waals surface area contributed by atoms with Crippen LogP contribution in [-0.4, -0.2) is 4.98 Å². The number of fused-ring (bicyclic) bond motifs is 3. The van der Waals surface area contributed by atoms with Crippen LogP contribution >= 0.6 is 0 Å². The number of nitrogen functional groups attached to an aromatic ring is 1. The van der Waals surface area contributed by atoms with Crippen LogP contribution in [0.15, 0.2) is 134 Å². The molecule has 0 spiro atoms. The minimum atomic E-state index is 0.124. The number of aryl methyl sites for hydroxylation is 2. The molecule has 6 rings (SSSR count). The monoisotopic (exact) mass is 967 g/mol. The van der Waals surface area contributed by atoms with Gasteiger partial charge >= 0.3 is 0 Å². The van der Waals surface area contributed by atoms with E-state index < -0.39 is 0 Å². The van der Waals surface area contributed by atoms with Gasteiger partial charge in [-0.3, -0.25) is 0 Å². The van der Waals surface area contributed by atoms with Crippen LogP contribution in [0, 0.1) is 12.3 Å². The molecule has 1 aromatic heterocycles. The first-order valence-electron chi connectivity index (χ1n) is 27.8. The van der Waals surface area contributed by atoms with Crippen molar-refractivity contribution in [3.63, 3.8) is 0 Å². The number of hydrogen-bond donors (Lipinski definition) is 2. The lowest BCUT2D eigenvalue weighted by atomic mass is 9.86. The van der Waals surface area contributed by atoms with Gasteiger partial charge in [0, 0.05) is 33.1 Å². The lowest BCUT2D eigenvalue weighted by molar-refractivity contribution is 0.504. The van der Waals surface area contributed by atoms with Gasteiger partial charge in [-0.15, -0.1) is 0 Å². The molecule has 0 atom stereocenters. The van der Waals surface area contributed by atoms with Gasteiger partial charge in [-0.25, -0.2) is 0 Å². The highest BCUT2D eigenvalue weighted by molar-refractivity contribution is 6.08. The number of nitrogens with one attached hydrogen (secondary N) is 1. The largest absolute Gasteiger partial charge is 0.398 e. The lowest BCUT2D eigenvalue weighted by Crippen LogP contribution is -2.10. The average Bonchev–Trinajstić information content (AvgIpc) is 3.74. The minimum absolute atomic E-state index is 0.124. The molecule has 2 heteroatoms. The van der Waals surface area contributed by atoms with Crippen molar-refractivity contribution in [1.29, 1.82) is 0 Å². The fraction of sp³-hybridized carbons (Fsp3) is 0.429. The SMILES string of the molecule is C=C(Cc1ccc(CC)cc1)c1ccc(CC)cc1.CC.CCC/C(=C\C=C(/C)c1ccc2c(c1)[nH]c1cc(C(C)(C)C)ccc12)c1ccc(/C(C)=C/C=C(\C)C(C)(C)C)c(C)c1N.CCCCCCCC. The van der Waals surface area contributed by atoms with Crippen molar-refractivity contribution in [3.05, 3.63) is 184 Å². The summed E-state index contributed by atoms with van der Waals surface area (Å²) in [6.07, 6.45) is 22.6. The fourth-order valence-electron chi connectivity index (χ4n) is 8.62. The van der Waals surface area contributed by atoms with Crippen LogP contribution in [0.1, 0.15) is 212 Å². The van der Waals surface area contributed by atoms with E-state index in [0.717, 1.165) is 48.9 Å². The normalized spacial score (nSPS) is 12.5. The maximum absolute atomic E-state index is 6.82. The number of nitrogens with two attached hydrogens (primary N) is 1. The smallest absolute Gasteiger partial charge is 0.0470 e. The van der Waals surface area contributed by atoms with Gasteiger partial charge in [0.1, 0.15) is 0 Å². The van der Waals surface area contributed by atoms with Crippen molar-refractivity contribution >= 4 is 49.8 Å². The number of benzene rings is 5. The Morgan fingerprint density at radius 3 is 1.58 bits per heavy atom. The molecule has 3 N–H and O–H groups in total. The highest BCUT2D eigenvalue weighted by atomic mass is 14.7. The molecule has 0 saturated heterocycles. The molecular weight excluding hydrogens is 869 g/mol. The summed E-state index contributed by atoms with van der Waals surface area (Å²) in [7, 11) is 0. The number of aromatic nitrogens is 1. The van der Waals surface area contributed by atoms with E-state index in [1.54, 1.807) is 0 Å². The van der Waals surface area contributed by atoms with E-state index in [2.05, 4.69) is 237 Å². The third-order valence-electron chi connectivity index (χ3n) is 14.1. The second kappa shape index (κ2) is 29.8. The molecule has 0 amide bonds. The molecule has 0 unspecified atom stereocenters. The van der Waals surface area contributed by atoms with E-state index in [1.807, 2.05) is 13.8 Å². The van der Waals surface area contributed by atoms with Gasteiger partial charge in [-0.2, -0.15) is 0 Å². The van der Waals surface area contributed by atoms with E-state index >= 15 is 0 Å². The zero-order chi connectivity index (χ0) is 53.6. The first-order valence-corrected chi connectivity index (χ1v) is 27.8. The zero-order valence-corrected chi connectivity index (χ0v) is 48.6. The number of unbranched alkanes of at least 4 members (excludes halogenated alkanes) is 5. The van der Waals surface area contributed by atoms with Crippen LogP contribution < -0.4 is 5.73 Å². The number of hydrogen-bond acceptors (Lipinski definition) is 1. The van der Waals surface area contributed by atoms with Gasteiger partial charge < -0.3 is 10.7 Å². The summed E-state index contributed by atoms with van der Waals surface area (Å²) in [5, 5.41) is 2.55. The van der Waals surface area contributed by atoms with Crippen LogP contribution in [-0.2, 0) is 24.7 Å². The molecule has 0 radical (unpaired) electrons. The number of H-pyrrole nitrogens is 1. The van der Waals surface area contributed by atoms with Crippen LogP contribution in [0.2, 0.25) is 0 Å². The predicted molar refractivity (Wildman–Crippen MR) is 328 cm³/mol. The molecular formula is C70H98N2. The quantitative estimate of drug-likeness (QED) is 0.0534. The molecule has 0 saturated carbocycles. The van der Waals surface area contributed by atoms with E-state index in [-0.39, 0.29) is 10.8 Å². The van der Waals surface area contributed by atoms with Crippen LogP contribution in [0.3, 0.4) is 0 Å². The summed E-state index contributed by atoms with van der Waals surface area (Å²) in [6, 6.07) is 35.6. The highest BCUT2D eigenvalue weighted by Gasteiger charge is 2.16. The van der Waals surface area contributed by atoms with E-state index in [1.165, 1.54) is 127 Å². The topological polar surface area (TPSA) is 41.8 Å². The van der Waals surface area contributed by atoms with Gasteiger partial charge in [0.05, 0.1) is 0 Å². The molecule has 0 aliphatic carbocycles. The summed E-state index contributed by atoms with van der Waals surface area (Å²) >= 11 is 0. The van der Waals surface area contributed by atoms with Crippen molar-refractivity contribution in [3.8, 4) is 0 Å². The Morgan fingerprint density at radius 2 is 1.06 bits per heavy atom. The second-order valence-corrected chi connectivity index (χ2v) is 21.8. The maximum atomic E-state index is 6.82. The van der Waals surface area contributed by atoms with Crippen LogP contribution in [0.4, 0.5) is 5.69 Å². The molecule has 0 fully saturated rings. The first kappa shape index (κ1) is 60.7. The third-order valence-corrected chi connectivity index (χ3v) is 14.1. The highest BCUT2D eigenvalue weighted by Crippen LogP contribution is 2.35. The second-order valence-electron chi connectivity index (χ2n) is 21.8. The molecule has 5 aromatic carbocycles. The predicted octanol–water partition coefficient (Wildman–Crippen LogP) is 21.7. The molecule has 0 bridgehead atoms. The zero-order valence-electron chi connectivity index (χ0n) is 48.6. The molecule has 72 heavy (non-hydrogen) atoms. The molecule has 6 aromatic rings. The number of rotatable bonds is 17. The van der Waals surface area contributed by atoms with E-state index in [0.29, 0.717) is 0 Å². The van der Waals surface area contributed by atoms with Crippen molar-refractivity contribution < 1.29 is 0 Å². The Bertz CT molecular complexity index is 2720. The molecule has 388 valence electrons. The van der Waals surface area contributed by atoms with Gasteiger partial charge in [-0.05, 0) is 143 Å². The Morgan fingerprint density at radius 1 is 0.556 bits per heavy atom. The third kappa shape index (κ3) is 18.2. The summed E-state index contributed by atoms with van der Waals surface area (Å²) in [4.78, 5) is 3.68. The maximum Gasteiger partial charge on any atom is 0.0470 e. The Kier molecular flexibility index (Phi) is 25.1. The summed E-state index contributed by atoms with van der Waals surface area (Å²) in [5.74, 6) is 0. The summed E-state index contributed by atoms with van der Waals surface area (Å²) < 4.78 is 0. The van der Waals surface area contributed by atoms with Crippen molar-refractivity contribution in [2.75, 3.05) is 5.73 Å². The average molecular weight is 968 g/mol. The van der Waals surface area contributed by atoms with Crippen LogP contribution in [0.5, 0.6) is 0 Å². The lowest BCUT2D eigenvalue weighted by Gasteiger charge is -2.19. The van der Waals surface area contributed by atoms with Crippen molar-refractivity contribution in [2.24, 2.45) is 5.41 Å². The summed E-state index contributed by atoms with van der Waals surface area (Å²) in [6.45, 7) is 41.6.